The number of hydrogen-bond acceptors (Lipinski definition) is 3. The van der Waals surface area contributed by atoms with Gasteiger partial charge in [-0.1, -0.05) is 62.5 Å². The summed E-state index contributed by atoms with van der Waals surface area (Å²) in [6.07, 6.45) is 9.40. The Morgan fingerprint density at radius 3 is 2.56 bits per heavy atom. The molecule has 0 N–H and O–H groups in total. The zero-order valence-corrected chi connectivity index (χ0v) is 18.0. The molecule has 1 fully saturated rings. The van der Waals surface area contributed by atoms with E-state index < -0.39 is 0 Å². The fraction of sp³-hybridized carbons (Fsp3) is 0.609. The van der Waals surface area contributed by atoms with E-state index in [9.17, 15) is 0 Å². The summed E-state index contributed by atoms with van der Waals surface area (Å²) in [5, 5.41) is 5.45. The van der Waals surface area contributed by atoms with E-state index in [-0.39, 0.29) is 0 Å². The predicted octanol–water partition coefficient (Wildman–Crippen LogP) is 6.43. The van der Waals surface area contributed by atoms with Crippen molar-refractivity contribution in [3.05, 3.63) is 40.4 Å². The molecule has 2 rings (SSSR count). The van der Waals surface area contributed by atoms with E-state index in [0.717, 1.165) is 31.1 Å². The Hall–Kier alpha value is -1.32. The van der Waals surface area contributed by atoms with Gasteiger partial charge in [0.15, 0.2) is 0 Å². The average Bonchev–Trinajstić information content (AvgIpc) is 2.86. The van der Waals surface area contributed by atoms with E-state index in [2.05, 4.69) is 49.0 Å². The summed E-state index contributed by atoms with van der Waals surface area (Å²) in [6.45, 7) is 10.3. The van der Waals surface area contributed by atoms with Gasteiger partial charge in [-0.25, -0.2) is 0 Å². The maximum absolute atomic E-state index is 6.04. The van der Waals surface area contributed by atoms with Gasteiger partial charge in [-0.15, -0.1) is 0 Å². The summed E-state index contributed by atoms with van der Waals surface area (Å²) in [5.74, 6) is 0.504. The second-order valence-electron chi connectivity index (χ2n) is 7.29. The highest BCUT2D eigenvalue weighted by Gasteiger charge is 2.23. The molecule has 0 bridgehead atoms. The zero-order valence-electron chi connectivity index (χ0n) is 17.2. The molecule has 0 amide bonds. The van der Waals surface area contributed by atoms with Crippen LogP contribution < -0.4 is 0 Å². The molecule has 150 valence electrons. The number of hydrogen-bond donors (Lipinski definition) is 0. The van der Waals surface area contributed by atoms with Gasteiger partial charge in [0.25, 0.3) is 0 Å². The van der Waals surface area contributed by atoms with Gasteiger partial charge in [-0.05, 0) is 68.1 Å². The zero-order chi connectivity index (χ0) is 19.5. The van der Waals surface area contributed by atoms with E-state index in [1.165, 1.54) is 49.0 Å². The molecule has 4 heteroatoms. The van der Waals surface area contributed by atoms with E-state index in [1.54, 1.807) is 0 Å². The van der Waals surface area contributed by atoms with Gasteiger partial charge >= 0.3 is 0 Å². The van der Waals surface area contributed by atoms with Crippen molar-refractivity contribution in [1.29, 1.82) is 0 Å². The minimum Gasteiger partial charge on any atom is -0.394 e. The summed E-state index contributed by atoms with van der Waals surface area (Å²) in [5.41, 5.74) is 3.68. The normalized spacial score (nSPS) is 21.0. The van der Waals surface area contributed by atoms with Crippen LogP contribution in [0.4, 0.5) is 0 Å². The van der Waals surface area contributed by atoms with Gasteiger partial charge in [0.2, 0.25) is 0 Å². The molecule has 0 spiro atoms. The third-order valence-corrected chi connectivity index (χ3v) is 5.62. The second kappa shape index (κ2) is 12.2. The smallest absolute Gasteiger partial charge is 0.129 e. The molecule has 3 nitrogen and oxygen atoms in total. The summed E-state index contributed by atoms with van der Waals surface area (Å²) >= 11 is 6.04. The topological polar surface area (TPSA) is 24.8 Å². The number of oxime groups is 1. The summed E-state index contributed by atoms with van der Waals surface area (Å²) in [7, 11) is 0. The van der Waals surface area contributed by atoms with Crippen LogP contribution in [0.15, 0.2) is 35.0 Å². The summed E-state index contributed by atoms with van der Waals surface area (Å²) in [4.78, 5) is 8.17. The van der Waals surface area contributed by atoms with Crippen LogP contribution in [0.2, 0.25) is 5.02 Å². The predicted molar refractivity (Wildman–Crippen MR) is 117 cm³/mol. The number of likely N-dealkylation sites (N-methyl/N-ethyl adjacent to an activating group) is 1. The van der Waals surface area contributed by atoms with Crippen molar-refractivity contribution in [2.24, 2.45) is 11.1 Å². The fourth-order valence-electron chi connectivity index (χ4n) is 3.73. The maximum Gasteiger partial charge on any atom is 0.129 e. The van der Waals surface area contributed by atoms with Crippen LogP contribution in [0.25, 0.3) is 6.08 Å². The van der Waals surface area contributed by atoms with Crippen LogP contribution in [0.3, 0.4) is 0 Å². The molecule has 1 atom stereocenters. The first kappa shape index (κ1) is 22.0. The number of halogens is 1. The van der Waals surface area contributed by atoms with Gasteiger partial charge in [-0.3, -0.25) is 0 Å². The van der Waals surface area contributed by atoms with Gasteiger partial charge in [0, 0.05) is 17.5 Å². The van der Waals surface area contributed by atoms with Crippen LogP contribution in [-0.2, 0) is 4.84 Å². The Morgan fingerprint density at radius 1 is 1.15 bits per heavy atom. The van der Waals surface area contributed by atoms with E-state index in [1.807, 2.05) is 12.1 Å². The van der Waals surface area contributed by atoms with Crippen LogP contribution in [0.1, 0.15) is 64.9 Å². The van der Waals surface area contributed by atoms with Gasteiger partial charge in [-0.2, -0.15) is 0 Å². The van der Waals surface area contributed by atoms with Gasteiger partial charge < -0.3 is 9.74 Å². The first-order valence-corrected chi connectivity index (χ1v) is 10.9. The Labute approximate surface area is 170 Å². The molecule has 1 aromatic carbocycles. The van der Waals surface area contributed by atoms with Crippen LogP contribution in [0.5, 0.6) is 0 Å². The third-order valence-electron chi connectivity index (χ3n) is 5.37. The molecule has 1 aromatic rings. The molecule has 0 heterocycles. The molecule has 1 aliphatic carbocycles. The molecule has 0 saturated heterocycles. The highest BCUT2D eigenvalue weighted by molar-refractivity contribution is 6.30. The molecule has 0 aliphatic heterocycles. The Kier molecular flexibility index (Phi) is 9.93. The minimum absolute atomic E-state index is 0.504. The Morgan fingerprint density at radius 2 is 1.89 bits per heavy atom. The van der Waals surface area contributed by atoms with Crippen molar-refractivity contribution >= 4 is 23.4 Å². The van der Waals surface area contributed by atoms with Gasteiger partial charge in [0.05, 0.1) is 5.71 Å². The molecule has 1 saturated carbocycles. The van der Waals surface area contributed by atoms with Crippen molar-refractivity contribution in [2.45, 2.75) is 59.3 Å². The number of benzene rings is 1. The molecular formula is C23H35ClN2O. The lowest BCUT2D eigenvalue weighted by atomic mass is 9.90. The maximum atomic E-state index is 6.04. The number of rotatable bonds is 9. The van der Waals surface area contributed by atoms with Crippen LogP contribution in [-0.4, -0.2) is 36.9 Å². The Bertz CT molecular complexity index is 605. The second-order valence-corrected chi connectivity index (χ2v) is 7.73. The average molecular weight is 391 g/mol. The lowest BCUT2D eigenvalue weighted by Gasteiger charge is -2.19. The molecule has 1 aliphatic rings. The monoisotopic (exact) mass is 390 g/mol. The van der Waals surface area contributed by atoms with Crippen LogP contribution >= 0.6 is 11.6 Å². The Balaban J connectivity index is 2.19. The summed E-state index contributed by atoms with van der Waals surface area (Å²) < 4.78 is 0. The number of allylic oxidation sites excluding steroid dienone is 1. The lowest BCUT2D eigenvalue weighted by molar-refractivity contribution is 0.113. The van der Waals surface area contributed by atoms with E-state index in [4.69, 9.17) is 16.4 Å². The quantitative estimate of drug-likeness (QED) is 0.276. The van der Waals surface area contributed by atoms with Crippen molar-refractivity contribution in [1.82, 2.24) is 4.90 Å². The number of nitrogens with zero attached hydrogens (tertiary/aromatic N) is 2. The van der Waals surface area contributed by atoms with Crippen LogP contribution in [0, 0.1) is 5.92 Å². The van der Waals surface area contributed by atoms with Crippen molar-refractivity contribution in [3.63, 3.8) is 0 Å². The third kappa shape index (κ3) is 7.31. The SMILES string of the molecule is CCC[C@H]1CCCCC(=Cc2ccc(Cl)cc2)C1=NOCCN(CC)CC. The molecule has 27 heavy (non-hydrogen) atoms. The summed E-state index contributed by atoms with van der Waals surface area (Å²) in [6, 6.07) is 8.05. The van der Waals surface area contributed by atoms with Crippen molar-refractivity contribution in [2.75, 3.05) is 26.2 Å². The first-order chi connectivity index (χ1) is 13.2. The molecular weight excluding hydrogens is 356 g/mol. The van der Waals surface area contributed by atoms with Crippen molar-refractivity contribution in [3.8, 4) is 0 Å². The lowest BCUT2D eigenvalue weighted by Crippen LogP contribution is -2.26. The van der Waals surface area contributed by atoms with Gasteiger partial charge in [0.1, 0.15) is 6.61 Å². The van der Waals surface area contributed by atoms with Crippen molar-refractivity contribution < 1.29 is 4.84 Å². The van der Waals surface area contributed by atoms with E-state index >= 15 is 0 Å². The fourth-order valence-corrected chi connectivity index (χ4v) is 3.85. The highest BCUT2D eigenvalue weighted by atomic mass is 35.5. The standard InChI is InChI=1S/C23H35ClN2O/c1-4-9-20-10-7-8-11-21(18-19-12-14-22(24)15-13-19)23(20)25-27-17-16-26(5-2)6-3/h12-15,18,20H,4-11,16-17H2,1-3H3/t20-/m0/s1. The molecule has 0 radical (unpaired) electrons. The largest absolute Gasteiger partial charge is 0.394 e. The highest BCUT2D eigenvalue weighted by Crippen LogP contribution is 2.30. The molecule has 0 aromatic heterocycles. The molecule has 0 unspecified atom stereocenters. The first-order valence-electron chi connectivity index (χ1n) is 10.6. The minimum atomic E-state index is 0.504. The van der Waals surface area contributed by atoms with E-state index in [0.29, 0.717) is 12.5 Å².